The maximum atomic E-state index is 5.31. The molecule has 0 fully saturated rings. The van der Waals surface area contributed by atoms with E-state index in [1.807, 2.05) is 72.8 Å². The molecule has 1 aromatic heterocycles. The van der Waals surface area contributed by atoms with Crippen LogP contribution in [0, 0.1) is 0 Å². The van der Waals surface area contributed by atoms with E-state index in [2.05, 4.69) is 20.8 Å². The number of anilines is 1. The Balaban J connectivity index is 1.81. The molecule has 3 aromatic rings. The minimum Gasteiger partial charge on any atom is -0.331 e. The van der Waals surface area contributed by atoms with Gasteiger partial charge in [-0.3, -0.25) is 10.4 Å². The second-order valence-corrected chi connectivity index (χ2v) is 5.40. The van der Waals surface area contributed by atoms with Crippen LogP contribution >= 0.6 is 12.2 Å². The van der Waals surface area contributed by atoms with Gasteiger partial charge in [0, 0.05) is 29.2 Å². The lowest BCUT2D eigenvalue weighted by Crippen LogP contribution is -2.25. The number of nitrogens with zero attached hydrogens (tertiary/aromatic N) is 2. The Bertz CT molecular complexity index is 776. The highest BCUT2D eigenvalue weighted by atomic mass is 32.1. The average Bonchev–Trinajstić information content (AvgIpc) is 2.64. The van der Waals surface area contributed by atoms with E-state index in [1.54, 1.807) is 12.4 Å². The largest absolute Gasteiger partial charge is 0.331 e. The van der Waals surface area contributed by atoms with Crippen molar-refractivity contribution in [3.63, 3.8) is 0 Å². The van der Waals surface area contributed by atoms with Crippen molar-refractivity contribution in [1.82, 2.24) is 10.4 Å². The van der Waals surface area contributed by atoms with Gasteiger partial charge >= 0.3 is 0 Å². The molecular weight excluding hydrogens is 316 g/mol. The van der Waals surface area contributed by atoms with Crippen LogP contribution in [0.4, 0.5) is 5.69 Å². The first kappa shape index (κ1) is 15.8. The van der Waals surface area contributed by atoms with E-state index in [0.29, 0.717) is 5.11 Å². The van der Waals surface area contributed by atoms with Gasteiger partial charge in [-0.25, -0.2) is 0 Å². The number of hydrazone groups is 1. The van der Waals surface area contributed by atoms with Crippen molar-refractivity contribution in [1.29, 1.82) is 0 Å². The maximum Gasteiger partial charge on any atom is 0.191 e. The summed E-state index contributed by atoms with van der Waals surface area (Å²) < 4.78 is 0. The van der Waals surface area contributed by atoms with Crippen LogP contribution in [0.25, 0.3) is 0 Å². The number of benzene rings is 2. The summed E-state index contributed by atoms with van der Waals surface area (Å²) in [5, 5.41) is 8.03. The van der Waals surface area contributed by atoms with E-state index in [-0.39, 0.29) is 0 Å². The van der Waals surface area contributed by atoms with E-state index >= 15 is 0 Å². The average molecular weight is 332 g/mol. The zero-order valence-corrected chi connectivity index (χ0v) is 13.7. The minimum atomic E-state index is 0.434. The first-order valence-corrected chi connectivity index (χ1v) is 7.89. The molecule has 0 bridgehead atoms. The lowest BCUT2D eigenvalue weighted by Gasteiger charge is -2.10. The number of para-hydroxylation sites is 1. The van der Waals surface area contributed by atoms with Gasteiger partial charge in [0.2, 0.25) is 0 Å². The first-order valence-electron chi connectivity index (χ1n) is 7.48. The molecule has 0 atom stereocenters. The molecule has 24 heavy (non-hydrogen) atoms. The number of hydrogen-bond donors (Lipinski definition) is 2. The predicted molar refractivity (Wildman–Crippen MR) is 102 cm³/mol. The molecule has 0 saturated carbocycles. The number of thiocarbonyl (C=S) groups is 1. The molecule has 0 spiro atoms. The normalized spacial score (nSPS) is 10.9. The summed E-state index contributed by atoms with van der Waals surface area (Å²) in [5.41, 5.74) is 6.59. The monoisotopic (exact) mass is 332 g/mol. The number of rotatable bonds is 4. The van der Waals surface area contributed by atoms with Crippen molar-refractivity contribution < 1.29 is 0 Å². The summed E-state index contributed by atoms with van der Waals surface area (Å²) in [5.74, 6) is 0. The van der Waals surface area contributed by atoms with Crippen LogP contribution in [0.2, 0.25) is 0 Å². The molecule has 118 valence electrons. The molecule has 0 saturated heterocycles. The predicted octanol–water partition coefficient (Wildman–Crippen LogP) is 3.82. The Morgan fingerprint density at radius 3 is 2.04 bits per heavy atom. The Morgan fingerprint density at radius 1 is 0.792 bits per heavy atom. The van der Waals surface area contributed by atoms with Crippen LogP contribution in [0.5, 0.6) is 0 Å². The van der Waals surface area contributed by atoms with E-state index < -0.39 is 0 Å². The van der Waals surface area contributed by atoms with Gasteiger partial charge in [-0.15, -0.1) is 0 Å². The van der Waals surface area contributed by atoms with Crippen LogP contribution in [-0.2, 0) is 0 Å². The topological polar surface area (TPSA) is 49.3 Å². The lowest BCUT2D eigenvalue weighted by molar-refractivity contribution is 1.04. The van der Waals surface area contributed by atoms with Crippen LogP contribution < -0.4 is 10.7 Å². The molecule has 4 nitrogen and oxygen atoms in total. The van der Waals surface area contributed by atoms with Gasteiger partial charge in [0.15, 0.2) is 5.11 Å². The second-order valence-electron chi connectivity index (χ2n) is 4.99. The van der Waals surface area contributed by atoms with Gasteiger partial charge in [-0.1, -0.05) is 48.5 Å². The quantitative estimate of drug-likeness (QED) is 0.433. The molecule has 0 amide bonds. The van der Waals surface area contributed by atoms with Crippen molar-refractivity contribution in [3.05, 3.63) is 96.3 Å². The minimum absolute atomic E-state index is 0.434. The number of hydrogen-bond acceptors (Lipinski definition) is 3. The fourth-order valence-corrected chi connectivity index (χ4v) is 2.35. The van der Waals surface area contributed by atoms with Crippen molar-refractivity contribution >= 4 is 28.7 Å². The summed E-state index contributed by atoms with van der Waals surface area (Å²) in [6.07, 6.45) is 3.49. The number of pyridine rings is 1. The van der Waals surface area contributed by atoms with Crippen LogP contribution in [0.15, 0.2) is 90.3 Å². The summed E-state index contributed by atoms with van der Waals surface area (Å²) in [6.45, 7) is 0. The third-order valence-corrected chi connectivity index (χ3v) is 3.50. The fraction of sp³-hybridized carbons (Fsp3) is 0. The van der Waals surface area contributed by atoms with E-state index in [1.165, 1.54) is 0 Å². The van der Waals surface area contributed by atoms with Crippen molar-refractivity contribution in [3.8, 4) is 0 Å². The standard InChI is InChI=1S/C19H16N4S/c24-19(21-17-9-5-2-6-10-17)23-22-18(15-7-3-1-4-8-15)16-11-13-20-14-12-16/h1-14H,(H2,21,23,24)/b22-18-. The Hall–Kier alpha value is -3.05. The third kappa shape index (κ3) is 4.24. The van der Waals surface area contributed by atoms with E-state index in [9.17, 15) is 0 Å². The van der Waals surface area contributed by atoms with E-state index in [4.69, 9.17) is 12.2 Å². The SMILES string of the molecule is S=C(N/N=C(/c1ccccc1)c1ccncc1)Nc1ccccc1. The molecule has 1 heterocycles. The Morgan fingerprint density at radius 2 is 1.38 bits per heavy atom. The molecule has 0 unspecified atom stereocenters. The second kappa shape index (κ2) is 7.99. The Labute approximate surface area is 146 Å². The smallest absolute Gasteiger partial charge is 0.191 e. The van der Waals surface area contributed by atoms with Crippen molar-refractivity contribution in [2.45, 2.75) is 0 Å². The van der Waals surface area contributed by atoms with Gasteiger partial charge in [0.05, 0.1) is 5.71 Å². The zero-order chi connectivity index (χ0) is 16.6. The fourth-order valence-electron chi connectivity index (χ4n) is 2.19. The Kier molecular flexibility index (Phi) is 5.27. The first-order chi connectivity index (χ1) is 11.8. The van der Waals surface area contributed by atoms with Gasteiger partial charge in [-0.2, -0.15) is 5.10 Å². The number of aromatic nitrogens is 1. The molecule has 0 aliphatic carbocycles. The highest BCUT2D eigenvalue weighted by Crippen LogP contribution is 2.10. The summed E-state index contributed by atoms with van der Waals surface area (Å²) >= 11 is 5.31. The molecule has 3 rings (SSSR count). The summed E-state index contributed by atoms with van der Waals surface area (Å²) in [4.78, 5) is 4.06. The molecule has 5 heteroatoms. The molecule has 0 aliphatic rings. The lowest BCUT2D eigenvalue weighted by atomic mass is 10.0. The third-order valence-electron chi connectivity index (χ3n) is 3.30. The zero-order valence-electron chi connectivity index (χ0n) is 12.9. The molecule has 2 aromatic carbocycles. The number of nitrogens with one attached hydrogen (secondary N) is 2. The van der Waals surface area contributed by atoms with Crippen LogP contribution in [-0.4, -0.2) is 15.8 Å². The van der Waals surface area contributed by atoms with Gasteiger partial charge in [0.25, 0.3) is 0 Å². The van der Waals surface area contributed by atoms with Crippen LogP contribution in [0.1, 0.15) is 11.1 Å². The highest BCUT2D eigenvalue weighted by molar-refractivity contribution is 7.80. The maximum absolute atomic E-state index is 5.31. The van der Waals surface area contributed by atoms with E-state index in [0.717, 1.165) is 22.5 Å². The summed E-state index contributed by atoms with van der Waals surface area (Å²) in [7, 11) is 0. The molecular formula is C19H16N4S. The van der Waals surface area contributed by atoms with Crippen LogP contribution in [0.3, 0.4) is 0 Å². The van der Waals surface area contributed by atoms with Crippen molar-refractivity contribution in [2.24, 2.45) is 5.10 Å². The van der Waals surface area contributed by atoms with Gasteiger partial charge < -0.3 is 5.32 Å². The molecule has 0 aliphatic heterocycles. The molecule has 2 N–H and O–H groups in total. The van der Waals surface area contributed by atoms with Gasteiger partial charge in [-0.05, 0) is 36.5 Å². The highest BCUT2D eigenvalue weighted by Gasteiger charge is 2.07. The van der Waals surface area contributed by atoms with Crippen molar-refractivity contribution in [2.75, 3.05) is 5.32 Å². The van der Waals surface area contributed by atoms with Gasteiger partial charge in [0.1, 0.15) is 0 Å². The molecule has 0 radical (unpaired) electrons. The summed E-state index contributed by atoms with van der Waals surface area (Å²) in [6, 6.07) is 23.5.